The summed E-state index contributed by atoms with van der Waals surface area (Å²) >= 11 is 0. The van der Waals surface area contributed by atoms with Crippen molar-refractivity contribution in [1.29, 1.82) is 0 Å². The Morgan fingerprint density at radius 2 is 1.59 bits per heavy atom. The van der Waals surface area contributed by atoms with Crippen LogP contribution in [0, 0.1) is 13.8 Å². The van der Waals surface area contributed by atoms with E-state index in [2.05, 4.69) is 62.7 Å². The van der Waals surface area contributed by atoms with Crippen LogP contribution in [0.5, 0.6) is 0 Å². The molecule has 1 aliphatic heterocycles. The van der Waals surface area contributed by atoms with Crippen LogP contribution in [-0.2, 0) is 0 Å². The smallest absolute Gasteiger partial charge is 0.0370 e. The van der Waals surface area contributed by atoms with Crippen molar-refractivity contribution < 1.29 is 0 Å². The van der Waals surface area contributed by atoms with Gasteiger partial charge in [-0.2, -0.15) is 0 Å². The first kappa shape index (κ1) is 12.4. The Labute approximate surface area is 105 Å². The lowest BCUT2D eigenvalue weighted by molar-refractivity contribution is 0.170. The molecule has 1 fully saturated rings. The molecule has 0 unspecified atom stereocenters. The van der Waals surface area contributed by atoms with Crippen LogP contribution in [-0.4, -0.2) is 37.1 Å². The largest absolute Gasteiger partial charge is 0.368 e. The fourth-order valence-corrected chi connectivity index (χ4v) is 2.54. The third-order valence-electron chi connectivity index (χ3n) is 4.22. The second-order valence-corrected chi connectivity index (χ2v) is 5.54. The Bertz CT molecular complexity index is 388. The average molecular weight is 232 g/mol. The minimum atomic E-state index is 0.625. The Balaban J connectivity index is 2.20. The molecule has 1 aromatic rings. The molecule has 1 heterocycles. The topological polar surface area (TPSA) is 6.48 Å². The van der Waals surface area contributed by atoms with E-state index in [0.29, 0.717) is 12.1 Å². The molecule has 0 bridgehead atoms. The number of aryl methyl sites for hydroxylation is 2. The summed E-state index contributed by atoms with van der Waals surface area (Å²) in [6.07, 6.45) is 0. The number of hydrogen-bond acceptors (Lipinski definition) is 2. The fourth-order valence-electron chi connectivity index (χ4n) is 2.54. The van der Waals surface area contributed by atoms with E-state index in [0.717, 1.165) is 13.1 Å². The number of likely N-dealkylation sites (N-methyl/N-ethyl adjacent to an activating group) is 1. The third kappa shape index (κ3) is 2.47. The Hall–Kier alpha value is -1.02. The lowest BCUT2D eigenvalue weighted by Crippen LogP contribution is -2.55. The van der Waals surface area contributed by atoms with Crippen LogP contribution in [0.3, 0.4) is 0 Å². The van der Waals surface area contributed by atoms with Crippen molar-refractivity contribution in [1.82, 2.24) is 4.90 Å². The molecule has 0 radical (unpaired) electrons. The quantitative estimate of drug-likeness (QED) is 0.734. The summed E-state index contributed by atoms with van der Waals surface area (Å²) in [6.45, 7) is 11.2. The van der Waals surface area contributed by atoms with Crippen LogP contribution in [0.25, 0.3) is 0 Å². The van der Waals surface area contributed by atoms with Crippen LogP contribution in [0.15, 0.2) is 18.2 Å². The lowest BCUT2D eigenvalue weighted by atomic mass is 10.1. The number of benzene rings is 1. The number of anilines is 1. The zero-order valence-electron chi connectivity index (χ0n) is 11.7. The van der Waals surface area contributed by atoms with Crippen molar-refractivity contribution in [3.8, 4) is 0 Å². The summed E-state index contributed by atoms with van der Waals surface area (Å²) in [4.78, 5) is 4.99. The maximum Gasteiger partial charge on any atom is 0.0370 e. The Morgan fingerprint density at radius 1 is 1.00 bits per heavy atom. The van der Waals surface area contributed by atoms with Crippen molar-refractivity contribution in [3.05, 3.63) is 29.3 Å². The highest BCUT2D eigenvalue weighted by atomic mass is 15.3. The summed E-state index contributed by atoms with van der Waals surface area (Å²) in [7, 11) is 2.23. The van der Waals surface area contributed by atoms with Crippen LogP contribution in [0.4, 0.5) is 5.69 Å². The van der Waals surface area contributed by atoms with Crippen LogP contribution in [0.1, 0.15) is 25.0 Å². The van der Waals surface area contributed by atoms with E-state index in [1.807, 2.05) is 0 Å². The van der Waals surface area contributed by atoms with Crippen molar-refractivity contribution in [2.24, 2.45) is 0 Å². The standard InChI is InChI=1S/C15H24N2/c1-11-6-7-15(8-12(11)2)17-9-13(3)16(5)14(4)10-17/h6-8,13-14H,9-10H2,1-5H3/t13-,14+. The van der Waals surface area contributed by atoms with Gasteiger partial charge in [-0.25, -0.2) is 0 Å². The van der Waals surface area contributed by atoms with Gasteiger partial charge in [-0.05, 0) is 58.0 Å². The number of piperazine rings is 1. The van der Waals surface area contributed by atoms with Gasteiger partial charge in [0.2, 0.25) is 0 Å². The Kier molecular flexibility index (Phi) is 3.43. The van der Waals surface area contributed by atoms with Gasteiger partial charge >= 0.3 is 0 Å². The van der Waals surface area contributed by atoms with Gasteiger partial charge in [0, 0.05) is 30.9 Å². The zero-order valence-corrected chi connectivity index (χ0v) is 11.7. The molecule has 1 aliphatic rings. The van der Waals surface area contributed by atoms with Crippen LogP contribution >= 0.6 is 0 Å². The van der Waals surface area contributed by atoms with Crippen LogP contribution in [0.2, 0.25) is 0 Å². The number of hydrogen-bond donors (Lipinski definition) is 0. The molecule has 1 aromatic carbocycles. The predicted molar refractivity (Wildman–Crippen MR) is 74.8 cm³/mol. The molecule has 2 nitrogen and oxygen atoms in total. The molecule has 2 atom stereocenters. The van der Waals surface area contributed by atoms with Crippen LogP contribution < -0.4 is 4.90 Å². The second kappa shape index (κ2) is 4.69. The summed E-state index contributed by atoms with van der Waals surface area (Å²) in [5.41, 5.74) is 4.14. The summed E-state index contributed by atoms with van der Waals surface area (Å²) in [6, 6.07) is 8.06. The molecule has 1 saturated heterocycles. The molecule has 0 aromatic heterocycles. The molecular formula is C15H24N2. The third-order valence-corrected chi connectivity index (χ3v) is 4.22. The van der Waals surface area contributed by atoms with E-state index in [1.54, 1.807) is 0 Å². The lowest BCUT2D eigenvalue weighted by Gasteiger charge is -2.43. The molecule has 17 heavy (non-hydrogen) atoms. The summed E-state index contributed by atoms with van der Waals surface area (Å²) in [5, 5.41) is 0. The Morgan fingerprint density at radius 3 is 2.12 bits per heavy atom. The van der Waals surface area contributed by atoms with E-state index in [4.69, 9.17) is 0 Å². The second-order valence-electron chi connectivity index (χ2n) is 5.54. The van der Waals surface area contributed by atoms with Gasteiger partial charge in [0.1, 0.15) is 0 Å². The van der Waals surface area contributed by atoms with Crippen molar-refractivity contribution in [2.45, 2.75) is 39.8 Å². The molecule has 2 heteroatoms. The van der Waals surface area contributed by atoms with Crippen molar-refractivity contribution in [3.63, 3.8) is 0 Å². The predicted octanol–water partition coefficient (Wildman–Crippen LogP) is 2.83. The zero-order chi connectivity index (χ0) is 12.6. The minimum absolute atomic E-state index is 0.625. The molecule has 2 rings (SSSR count). The van der Waals surface area contributed by atoms with E-state index < -0.39 is 0 Å². The first-order chi connectivity index (χ1) is 7.99. The van der Waals surface area contributed by atoms with E-state index in [9.17, 15) is 0 Å². The first-order valence-electron chi connectivity index (χ1n) is 6.53. The maximum absolute atomic E-state index is 2.52. The van der Waals surface area contributed by atoms with Crippen molar-refractivity contribution in [2.75, 3.05) is 25.0 Å². The highest BCUT2D eigenvalue weighted by molar-refractivity contribution is 5.51. The normalized spacial score (nSPS) is 26.3. The molecule has 0 aliphatic carbocycles. The van der Waals surface area contributed by atoms with Gasteiger partial charge in [-0.1, -0.05) is 6.07 Å². The molecule has 0 saturated carbocycles. The molecule has 0 amide bonds. The number of rotatable bonds is 1. The minimum Gasteiger partial charge on any atom is -0.368 e. The van der Waals surface area contributed by atoms with Gasteiger partial charge in [-0.15, -0.1) is 0 Å². The maximum atomic E-state index is 2.52. The summed E-state index contributed by atoms with van der Waals surface area (Å²) < 4.78 is 0. The van der Waals surface area contributed by atoms with Gasteiger partial charge in [-0.3, -0.25) is 4.90 Å². The fraction of sp³-hybridized carbons (Fsp3) is 0.600. The monoisotopic (exact) mass is 232 g/mol. The van der Waals surface area contributed by atoms with Crippen molar-refractivity contribution >= 4 is 5.69 Å². The van der Waals surface area contributed by atoms with Gasteiger partial charge in [0.05, 0.1) is 0 Å². The molecule has 0 spiro atoms. The highest BCUT2D eigenvalue weighted by Gasteiger charge is 2.26. The molecule has 94 valence electrons. The van der Waals surface area contributed by atoms with E-state index >= 15 is 0 Å². The highest BCUT2D eigenvalue weighted by Crippen LogP contribution is 2.23. The van der Waals surface area contributed by atoms with E-state index in [1.165, 1.54) is 16.8 Å². The SMILES string of the molecule is Cc1ccc(N2C[C@@H](C)N(C)[C@@H](C)C2)cc1C. The van der Waals surface area contributed by atoms with Gasteiger partial charge < -0.3 is 4.90 Å². The molecule has 0 N–H and O–H groups in total. The first-order valence-corrected chi connectivity index (χ1v) is 6.53. The van der Waals surface area contributed by atoms with Gasteiger partial charge in [0.15, 0.2) is 0 Å². The summed E-state index contributed by atoms with van der Waals surface area (Å²) in [5.74, 6) is 0. The molecular weight excluding hydrogens is 208 g/mol. The van der Waals surface area contributed by atoms with E-state index in [-0.39, 0.29) is 0 Å². The van der Waals surface area contributed by atoms with Gasteiger partial charge in [0.25, 0.3) is 0 Å². The number of nitrogens with zero attached hydrogens (tertiary/aromatic N) is 2. The average Bonchev–Trinajstić information content (AvgIpc) is 2.29.